The van der Waals surface area contributed by atoms with Crippen LogP contribution in [0.15, 0.2) is 36.4 Å². The highest BCUT2D eigenvalue weighted by molar-refractivity contribution is 5.88. The topological polar surface area (TPSA) is 65.4 Å². The molecule has 0 aliphatic carbocycles. The minimum Gasteiger partial charge on any atom is -0.337 e. The molecular weight excluding hydrogens is 328 g/mol. The molecule has 1 aliphatic rings. The zero-order valence-corrected chi connectivity index (χ0v) is 15.6. The molecule has 26 heavy (non-hydrogen) atoms. The molecule has 2 N–H and O–H groups in total. The lowest BCUT2D eigenvalue weighted by Crippen LogP contribution is -2.48. The number of aromatic nitrogens is 2. The molecule has 140 valence electrons. The van der Waals surface area contributed by atoms with Crippen LogP contribution < -0.4 is 10.6 Å². The molecule has 0 atom stereocenters. The van der Waals surface area contributed by atoms with Gasteiger partial charge in [0, 0.05) is 58.9 Å². The number of nitrogens with zero attached hydrogens (tertiary/aromatic N) is 4. The highest BCUT2D eigenvalue weighted by Gasteiger charge is 2.16. The van der Waals surface area contributed by atoms with E-state index in [1.165, 1.54) is 5.56 Å². The number of urea groups is 1. The third-order valence-corrected chi connectivity index (χ3v) is 4.67. The van der Waals surface area contributed by atoms with Crippen molar-refractivity contribution in [3.8, 4) is 0 Å². The average Bonchev–Trinajstić information content (AvgIpc) is 2.94. The first-order valence-corrected chi connectivity index (χ1v) is 9.14. The molecule has 2 amide bonds. The van der Waals surface area contributed by atoms with E-state index in [-0.39, 0.29) is 6.03 Å². The minimum atomic E-state index is -0.185. The van der Waals surface area contributed by atoms with Crippen LogP contribution in [-0.4, -0.2) is 64.9 Å². The molecule has 1 saturated heterocycles. The fourth-order valence-electron chi connectivity index (χ4n) is 3.23. The zero-order valence-electron chi connectivity index (χ0n) is 15.6. The Labute approximate surface area is 155 Å². The Kier molecular flexibility index (Phi) is 6.25. The highest BCUT2D eigenvalue weighted by atomic mass is 16.2. The second kappa shape index (κ2) is 8.82. The summed E-state index contributed by atoms with van der Waals surface area (Å²) in [5, 5.41) is 9.96. The lowest BCUT2D eigenvalue weighted by molar-refractivity contribution is 0.128. The summed E-state index contributed by atoms with van der Waals surface area (Å²) in [7, 11) is 1.82. The number of nitrogens with one attached hydrogen (secondary N) is 2. The van der Waals surface area contributed by atoms with Gasteiger partial charge in [-0.05, 0) is 12.5 Å². The van der Waals surface area contributed by atoms with Gasteiger partial charge in [0.1, 0.15) is 5.82 Å². The van der Waals surface area contributed by atoms with E-state index >= 15 is 0 Å². The summed E-state index contributed by atoms with van der Waals surface area (Å²) in [6, 6.07) is 12.3. The summed E-state index contributed by atoms with van der Waals surface area (Å²) in [6.45, 7) is 8.64. The van der Waals surface area contributed by atoms with E-state index in [0.29, 0.717) is 12.4 Å². The molecule has 7 heteroatoms. The van der Waals surface area contributed by atoms with Gasteiger partial charge in [-0.25, -0.2) is 4.79 Å². The SMILES string of the molecule is Cc1cc(NC(=O)NCCN2CCN(Cc3ccccc3)CC2)n(C)n1. The molecule has 7 nitrogen and oxygen atoms in total. The van der Waals surface area contributed by atoms with Gasteiger partial charge in [-0.1, -0.05) is 30.3 Å². The summed E-state index contributed by atoms with van der Waals surface area (Å²) in [5.74, 6) is 0.703. The van der Waals surface area contributed by atoms with Crippen LogP contribution in [0.2, 0.25) is 0 Å². The van der Waals surface area contributed by atoms with Crippen LogP contribution in [0.3, 0.4) is 0 Å². The Morgan fingerprint density at radius 1 is 1.12 bits per heavy atom. The van der Waals surface area contributed by atoms with Crippen molar-refractivity contribution >= 4 is 11.8 Å². The van der Waals surface area contributed by atoms with Gasteiger partial charge < -0.3 is 5.32 Å². The van der Waals surface area contributed by atoms with Crippen LogP contribution in [0.4, 0.5) is 10.6 Å². The van der Waals surface area contributed by atoms with Crippen LogP contribution in [0.25, 0.3) is 0 Å². The molecule has 1 aromatic carbocycles. The van der Waals surface area contributed by atoms with E-state index in [1.54, 1.807) is 4.68 Å². The van der Waals surface area contributed by atoms with Crippen molar-refractivity contribution in [2.24, 2.45) is 7.05 Å². The number of carbonyl (C=O) groups is 1. The molecule has 3 rings (SSSR count). The van der Waals surface area contributed by atoms with Crippen molar-refractivity contribution in [3.05, 3.63) is 47.7 Å². The first kappa shape index (κ1) is 18.4. The van der Waals surface area contributed by atoms with Crippen molar-refractivity contribution in [1.29, 1.82) is 0 Å². The maximum absolute atomic E-state index is 12.0. The Morgan fingerprint density at radius 3 is 2.46 bits per heavy atom. The van der Waals surface area contributed by atoms with Crippen LogP contribution in [0.5, 0.6) is 0 Å². The van der Waals surface area contributed by atoms with Gasteiger partial charge in [0.05, 0.1) is 5.69 Å². The quantitative estimate of drug-likeness (QED) is 0.826. The van der Waals surface area contributed by atoms with Gasteiger partial charge in [-0.2, -0.15) is 5.10 Å². The molecule has 1 aliphatic heterocycles. The highest BCUT2D eigenvalue weighted by Crippen LogP contribution is 2.09. The van der Waals surface area contributed by atoms with Crippen LogP contribution in [0, 0.1) is 6.92 Å². The summed E-state index contributed by atoms with van der Waals surface area (Å²) >= 11 is 0. The summed E-state index contributed by atoms with van der Waals surface area (Å²) < 4.78 is 1.67. The fourth-order valence-corrected chi connectivity index (χ4v) is 3.23. The number of rotatable bonds is 6. The number of piperazine rings is 1. The monoisotopic (exact) mass is 356 g/mol. The van der Waals surface area contributed by atoms with Gasteiger partial charge in [0.15, 0.2) is 0 Å². The fraction of sp³-hybridized carbons (Fsp3) is 0.474. The number of aryl methyl sites for hydroxylation is 2. The van der Waals surface area contributed by atoms with E-state index in [2.05, 4.69) is 55.9 Å². The van der Waals surface area contributed by atoms with Crippen molar-refractivity contribution in [1.82, 2.24) is 24.9 Å². The Morgan fingerprint density at radius 2 is 1.81 bits per heavy atom. The Bertz CT molecular complexity index is 706. The predicted molar refractivity (Wildman–Crippen MR) is 103 cm³/mol. The van der Waals surface area contributed by atoms with E-state index < -0.39 is 0 Å². The second-order valence-electron chi connectivity index (χ2n) is 6.78. The Balaban J connectivity index is 1.32. The normalized spacial score (nSPS) is 15.8. The van der Waals surface area contributed by atoms with Crippen molar-refractivity contribution in [2.75, 3.05) is 44.6 Å². The minimum absolute atomic E-state index is 0.185. The summed E-state index contributed by atoms with van der Waals surface area (Å²) in [5.41, 5.74) is 2.25. The van der Waals surface area contributed by atoms with Gasteiger partial charge in [0.2, 0.25) is 0 Å². The van der Waals surface area contributed by atoms with Gasteiger partial charge in [0.25, 0.3) is 0 Å². The molecular formula is C19H28N6O. The molecule has 0 saturated carbocycles. The lowest BCUT2D eigenvalue weighted by Gasteiger charge is -2.34. The molecule has 0 unspecified atom stereocenters. The molecule has 0 spiro atoms. The molecule has 0 radical (unpaired) electrons. The first-order valence-electron chi connectivity index (χ1n) is 9.14. The molecule has 0 bridgehead atoms. The predicted octanol–water partition coefficient (Wildman–Crippen LogP) is 1.67. The van der Waals surface area contributed by atoms with Crippen LogP contribution in [0.1, 0.15) is 11.3 Å². The standard InChI is InChI=1S/C19H28N6O/c1-16-14-18(23(2)22-16)21-19(26)20-8-9-24-10-12-25(13-11-24)15-17-6-4-3-5-7-17/h3-7,14H,8-13,15H2,1-2H3,(H2,20,21,26). The Hall–Kier alpha value is -2.38. The van der Waals surface area contributed by atoms with Gasteiger partial charge in [-0.15, -0.1) is 0 Å². The van der Waals surface area contributed by atoms with E-state index in [0.717, 1.165) is 45.0 Å². The first-order chi connectivity index (χ1) is 12.6. The third kappa shape index (κ3) is 5.31. The van der Waals surface area contributed by atoms with Gasteiger partial charge >= 0.3 is 6.03 Å². The maximum Gasteiger partial charge on any atom is 0.320 e. The molecule has 2 aromatic rings. The smallest absolute Gasteiger partial charge is 0.320 e. The van der Waals surface area contributed by atoms with Crippen molar-refractivity contribution in [3.63, 3.8) is 0 Å². The molecule has 1 aromatic heterocycles. The maximum atomic E-state index is 12.0. The molecule has 2 heterocycles. The third-order valence-electron chi connectivity index (χ3n) is 4.67. The number of hydrogen-bond donors (Lipinski definition) is 2. The summed E-state index contributed by atoms with van der Waals surface area (Å²) in [6.07, 6.45) is 0. The van der Waals surface area contributed by atoms with Crippen molar-refractivity contribution in [2.45, 2.75) is 13.5 Å². The number of carbonyl (C=O) groups excluding carboxylic acids is 1. The van der Waals surface area contributed by atoms with E-state index in [1.807, 2.05) is 20.0 Å². The largest absolute Gasteiger partial charge is 0.337 e. The lowest BCUT2D eigenvalue weighted by atomic mass is 10.2. The van der Waals surface area contributed by atoms with Gasteiger partial charge in [-0.3, -0.25) is 19.8 Å². The van der Waals surface area contributed by atoms with Crippen LogP contribution in [-0.2, 0) is 13.6 Å². The average molecular weight is 356 g/mol. The van der Waals surface area contributed by atoms with Crippen molar-refractivity contribution < 1.29 is 4.79 Å². The number of hydrogen-bond acceptors (Lipinski definition) is 4. The zero-order chi connectivity index (χ0) is 18.4. The molecule has 1 fully saturated rings. The van der Waals surface area contributed by atoms with E-state index in [9.17, 15) is 4.79 Å². The second-order valence-corrected chi connectivity index (χ2v) is 6.78. The van der Waals surface area contributed by atoms with E-state index in [4.69, 9.17) is 0 Å². The summed E-state index contributed by atoms with van der Waals surface area (Å²) in [4.78, 5) is 16.9. The number of amides is 2. The number of benzene rings is 1. The number of anilines is 1. The van der Waals surface area contributed by atoms with Crippen LogP contribution >= 0.6 is 0 Å².